The quantitative estimate of drug-likeness (QED) is 0.416. The molecule has 0 aliphatic rings. The zero-order valence-corrected chi connectivity index (χ0v) is 14.7. The SMILES string of the molecule is O=C(CBr)c1ccc(-c2ccc(OCc3ccccc3)cc2)cc1. The highest BCUT2D eigenvalue weighted by Crippen LogP contribution is 2.23. The fourth-order valence-electron chi connectivity index (χ4n) is 2.41. The Balaban J connectivity index is 1.67. The topological polar surface area (TPSA) is 26.3 Å². The first kappa shape index (κ1) is 16.5. The van der Waals surface area contributed by atoms with Crippen molar-refractivity contribution in [3.8, 4) is 16.9 Å². The van der Waals surface area contributed by atoms with Crippen molar-refractivity contribution in [3.63, 3.8) is 0 Å². The molecule has 0 aliphatic carbocycles. The fourth-order valence-corrected chi connectivity index (χ4v) is 2.73. The lowest BCUT2D eigenvalue weighted by molar-refractivity contribution is 0.102. The number of Topliss-reactive ketones (excluding diaryl/α,β-unsaturated/α-hetero) is 1. The van der Waals surface area contributed by atoms with Gasteiger partial charge in [-0.05, 0) is 28.8 Å². The van der Waals surface area contributed by atoms with Gasteiger partial charge in [-0.1, -0.05) is 82.7 Å². The van der Waals surface area contributed by atoms with E-state index in [0.29, 0.717) is 11.9 Å². The molecular weight excluding hydrogens is 364 g/mol. The summed E-state index contributed by atoms with van der Waals surface area (Å²) < 4.78 is 5.80. The third-order valence-corrected chi connectivity index (χ3v) is 4.27. The molecule has 0 aliphatic heterocycles. The molecule has 0 aromatic heterocycles. The van der Waals surface area contributed by atoms with Crippen LogP contribution in [0.1, 0.15) is 15.9 Å². The third-order valence-electron chi connectivity index (χ3n) is 3.76. The summed E-state index contributed by atoms with van der Waals surface area (Å²) >= 11 is 3.19. The number of hydrogen-bond acceptors (Lipinski definition) is 2. The highest BCUT2D eigenvalue weighted by atomic mass is 79.9. The molecule has 3 rings (SSSR count). The number of rotatable bonds is 6. The van der Waals surface area contributed by atoms with Crippen molar-refractivity contribution in [1.82, 2.24) is 0 Å². The normalized spacial score (nSPS) is 10.4. The predicted octanol–water partition coefficient (Wildman–Crippen LogP) is 5.51. The van der Waals surface area contributed by atoms with Gasteiger partial charge in [-0.3, -0.25) is 4.79 Å². The van der Waals surface area contributed by atoms with E-state index in [4.69, 9.17) is 4.74 Å². The van der Waals surface area contributed by atoms with Gasteiger partial charge in [0.15, 0.2) is 5.78 Å². The summed E-state index contributed by atoms with van der Waals surface area (Å²) in [5, 5.41) is 0.347. The van der Waals surface area contributed by atoms with Crippen LogP contribution in [0, 0.1) is 0 Å². The molecule has 3 aromatic rings. The molecule has 0 radical (unpaired) electrons. The van der Waals surface area contributed by atoms with Gasteiger partial charge in [-0.25, -0.2) is 0 Å². The van der Waals surface area contributed by atoms with Crippen LogP contribution in [0.15, 0.2) is 78.9 Å². The van der Waals surface area contributed by atoms with Gasteiger partial charge in [0.25, 0.3) is 0 Å². The number of halogens is 1. The second-order valence-corrected chi connectivity index (χ2v) is 5.99. The molecule has 24 heavy (non-hydrogen) atoms. The lowest BCUT2D eigenvalue weighted by Crippen LogP contribution is -1.99. The molecule has 0 unspecified atom stereocenters. The average Bonchev–Trinajstić information content (AvgIpc) is 2.67. The number of ether oxygens (including phenoxy) is 1. The number of carbonyl (C=O) groups is 1. The van der Waals surface area contributed by atoms with E-state index in [2.05, 4.69) is 15.9 Å². The van der Waals surface area contributed by atoms with E-state index >= 15 is 0 Å². The largest absolute Gasteiger partial charge is 0.489 e. The summed E-state index contributed by atoms with van der Waals surface area (Å²) in [5.74, 6) is 0.930. The first-order valence-electron chi connectivity index (χ1n) is 7.72. The minimum atomic E-state index is 0.0891. The maximum absolute atomic E-state index is 11.6. The Bertz CT molecular complexity index is 794. The molecule has 0 atom stereocenters. The number of carbonyl (C=O) groups excluding carboxylic acids is 1. The first-order valence-corrected chi connectivity index (χ1v) is 8.85. The van der Waals surface area contributed by atoms with Crippen molar-refractivity contribution in [2.45, 2.75) is 6.61 Å². The van der Waals surface area contributed by atoms with Gasteiger partial charge >= 0.3 is 0 Å². The number of ketones is 1. The van der Waals surface area contributed by atoms with Crippen molar-refractivity contribution < 1.29 is 9.53 Å². The number of hydrogen-bond donors (Lipinski definition) is 0. The highest BCUT2D eigenvalue weighted by Gasteiger charge is 2.04. The zero-order chi connectivity index (χ0) is 16.8. The van der Waals surface area contributed by atoms with Gasteiger partial charge < -0.3 is 4.74 Å². The molecule has 0 amide bonds. The van der Waals surface area contributed by atoms with Gasteiger partial charge in [0.2, 0.25) is 0 Å². The molecule has 0 spiro atoms. The zero-order valence-electron chi connectivity index (χ0n) is 13.1. The smallest absolute Gasteiger partial charge is 0.173 e. The number of benzene rings is 3. The van der Waals surface area contributed by atoms with E-state index in [1.807, 2.05) is 78.9 Å². The molecule has 0 bridgehead atoms. The van der Waals surface area contributed by atoms with E-state index in [9.17, 15) is 4.79 Å². The highest BCUT2D eigenvalue weighted by molar-refractivity contribution is 9.09. The first-order chi connectivity index (χ1) is 11.8. The van der Waals surface area contributed by atoms with Crippen molar-refractivity contribution >= 4 is 21.7 Å². The maximum Gasteiger partial charge on any atom is 0.173 e. The number of alkyl halides is 1. The molecule has 0 saturated heterocycles. The van der Waals surface area contributed by atoms with Crippen LogP contribution in [-0.2, 0) is 6.61 Å². The summed E-state index contributed by atoms with van der Waals surface area (Å²) in [5.41, 5.74) is 4.04. The Morgan fingerprint density at radius 3 is 1.96 bits per heavy atom. The Morgan fingerprint density at radius 1 is 0.792 bits per heavy atom. The molecule has 120 valence electrons. The Labute approximate surface area is 150 Å². The molecule has 0 fully saturated rings. The van der Waals surface area contributed by atoms with Crippen LogP contribution in [0.25, 0.3) is 11.1 Å². The third kappa shape index (κ3) is 4.12. The summed E-state index contributed by atoms with van der Waals surface area (Å²) in [6, 6.07) is 25.7. The fraction of sp³-hybridized carbons (Fsp3) is 0.0952. The maximum atomic E-state index is 11.6. The van der Waals surface area contributed by atoms with Crippen molar-refractivity contribution in [1.29, 1.82) is 0 Å². The van der Waals surface area contributed by atoms with Crippen LogP contribution < -0.4 is 4.74 Å². The van der Waals surface area contributed by atoms with Gasteiger partial charge in [-0.15, -0.1) is 0 Å². The van der Waals surface area contributed by atoms with Gasteiger partial charge in [-0.2, -0.15) is 0 Å². The predicted molar refractivity (Wildman–Crippen MR) is 101 cm³/mol. The van der Waals surface area contributed by atoms with Crippen LogP contribution in [0.3, 0.4) is 0 Å². The monoisotopic (exact) mass is 380 g/mol. The van der Waals surface area contributed by atoms with Crippen LogP contribution in [0.2, 0.25) is 0 Å². The van der Waals surface area contributed by atoms with E-state index in [1.54, 1.807) is 0 Å². The lowest BCUT2D eigenvalue weighted by atomic mass is 10.0. The molecular formula is C21H17BrO2. The van der Waals surface area contributed by atoms with Gasteiger partial charge in [0.1, 0.15) is 12.4 Å². The van der Waals surface area contributed by atoms with Crippen LogP contribution >= 0.6 is 15.9 Å². The van der Waals surface area contributed by atoms with E-state index in [-0.39, 0.29) is 5.78 Å². The van der Waals surface area contributed by atoms with E-state index in [1.165, 1.54) is 0 Å². The second kappa shape index (κ2) is 7.93. The molecule has 0 saturated carbocycles. The van der Waals surface area contributed by atoms with Gasteiger partial charge in [0, 0.05) is 5.56 Å². The molecule has 0 N–H and O–H groups in total. The van der Waals surface area contributed by atoms with Crippen molar-refractivity contribution in [3.05, 3.63) is 90.0 Å². The molecule has 3 aromatic carbocycles. The van der Waals surface area contributed by atoms with Gasteiger partial charge in [0.05, 0.1) is 5.33 Å². The minimum Gasteiger partial charge on any atom is -0.489 e. The standard InChI is InChI=1S/C21H17BrO2/c22-14-21(23)19-8-6-17(7-9-19)18-10-12-20(13-11-18)24-15-16-4-2-1-3-5-16/h1-13H,14-15H2. The molecule has 2 nitrogen and oxygen atoms in total. The Morgan fingerprint density at radius 2 is 1.38 bits per heavy atom. The minimum absolute atomic E-state index is 0.0891. The molecule has 0 heterocycles. The summed E-state index contributed by atoms with van der Waals surface area (Å²) in [4.78, 5) is 11.6. The Kier molecular flexibility index (Phi) is 5.44. The lowest BCUT2D eigenvalue weighted by Gasteiger charge is -2.08. The van der Waals surface area contributed by atoms with Crippen LogP contribution in [-0.4, -0.2) is 11.1 Å². The second-order valence-electron chi connectivity index (χ2n) is 5.43. The average molecular weight is 381 g/mol. The summed E-state index contributed by atoms with van der Waals surface area (Å²) in [6.07, 6.45) is 0. The summed E-state index contributed by atoms with van der Waals surface area (Å²) in [6.45, 7) is 0.559. The van der Waals surface area contributed by atoms with Crippen molar-refractivity contribution in [2.24, 2.45) is 0 Å². The Hall–Kier alpha value is -2.39. The van der Waals surface area contributed by atoms with Crippen LogP contribution in [0.4, 0.5) is 0 Å². The van der Waals surface area contributed by atoms with E-state index < -0.39 is 0 Å². The van der Waals surface area contributed by atoms with E-state index in [0.717, 1.165) is 28.0 Å². The molecule has 3 heteroatoms. The van der Waals surface area contributed by atoms with Crippen molar-refractivity contribution in [2.75, 3.05) is 5.33 Å². The van der Waals surface area contributed by atoms with Crippen LogP contribution in [0.5, 0.6) is 5.75 Å². The summed E-state index contributed by atoms with van der Waals surface area (Å²) in [7, 11) is 0.